The molecule has 0 bridgehead atoms. The first kappa shape index (κ1) is 46.3. The maximum atomic E-state index is 7.65. The summed E-state index contributed by atoms with van der Waals surface area (Å²) in [5.74, 6) is 0. The molecule has 1 aliphatic carbocycles. The number of ether oxygens (including phenoxy) is 3. The van der Waals surface area contributed by atoms with E-state index in [1.165, 1.54) is 29.4 Å². The molecule has 0 radical (unpaired) electrons. The summed E-state index contributed by atoms with van der Waals surface area (Å²) in [5, 5.41) is 7.65. The number of aliphatic hydroxyl groups excluding tert-OH is 1. The van der Waals surface area contributed by atoms with Crippen molar-refractivity contribution in [3.05, 3.63) is 67.1 Å². The van der Waals surface area contributed by atoms with Crippen molar-refractivity contribution in [1.29, 1.82) is 0 Å². The minimum absolute atomic E-state index is 0. The Labute approximate surface area is 227 Å². The summed E-state index contributed by atoms with van der Waals surface area (Å²) in [6, 6.07) is 17.4. The predicted molar refractivity (Wildman–Crippen MR) is 149 cm³/mol. The first-order valence-electron chi connectivity index (χ1n) is 11.8. The molecule has 0 fully saturated rings. The summed E-state index contributed by atoms with van der Waals surface area (Å²) in [7, 11) is 4.60. The van der Waals surface area contributed by atoms with E-state index in [2.05, 4.69) is 76.6 Å². The number of aliphatic hydroxyl groups is 1. The van der Waals surface area contributed by atoms with Gasteiger partial charge in [-0.3, -0.25) is 0 Å². The van der Waals surface area contributed by atoms with Gasteiger partial charge < -0.3 is 26.7 Å². The van der Waals surface area contributed by atoms with Crippen LogP contribution in [-0.2, 0) is 40.7 Å². The van der Waals surface area contributed by atoms with Crippen molar-refractivity contribution >= 4 is 0 Å². The normalized spacial score (nSPS) is 9.82. The third kappa shape index (κ3) is 17.4. The molecular weight excluding hydrogens is 596 g/mol. The number of fused-ring (bicyclic) bond motifs is 3. The number of hydrogen-bond acceptors (Lipinski definition) is 4. The molecule has 5 heteroatoms. The second-order valence-corrected chi connectivity index (χ2v) is 5.83. The molecule has 0 saturated heterocycles. The molecule has 0 saturated carbocycles. The van der Waals surface area contributed by atoms with E-state index in [1.807, 2.05) is 55.4 Å². The summed E-state index contributed by atoms with van der Waals surface area (Å²) in [5.41, 5.74) is 5.86. The Morgan fingerprint density at radius 3 is 1.09 bits per heavy atom. The van der Waals surface area contributed by atoms with Crippen LogP contribution < -0.4 is 0 Å². The van der Waals surface area contributed by atoms with Gasteiger partial charge in [-0.15, -0.1) is 0 Å². The molecule has 1 aliphatic rings. The zero-order valence-corrected chi connectivity index (χ0v) is 27.5. The van der Waals surface area contributed by atoms with Crippen molar-refractivity contribution in [2.45, 2.75) is 74.7 Å². The molecule has 0 atom stereocenters. The van der Waals surface area contributed by atoms with Gasteiger partial charge in [-0.1, -0.05) is 118 Å². The number of rotatable bonds is 3. The Morgan fingerprint density at radius 1 is 0.618 bits per heavy atom. The zero-order valence-electron chi connectivity index (χ0n) is 24.6. The van der Waals surface area contributed by atoms with Crippen LogP contribution in [0.5, 0.6) is 0 Å². The van der Waals surface area contributed by atoms with Gasteiger partial charge in [-0.2, -0.15) is 0 Å². The van der Waals surface area contributed by atoms with E-state index in [0.717, 1.165) is 0 Å². The molecule has 0 aliphatic heterocycles. The van der Waals surface area contributed by atoms with Crippen LogP contribution >= 0.6 is 0 Å². The van der Waals surface area contributed by atoms with E-state index in [0.29, 0.717) is 6.79 Å². The van der Waals surface area contributed by atoms with Gasteiger partial charge in [-0.05, 0) is 22.3 Å². The van der Waals surface area contributed by atoms with Crippen LogP contribution in [0.2, 0.25) is 0 Å². The fraction of sp³-hybridized carbons (Fsp3) is 0.552. The van der Waals surface area contributed by atoms with Crippen molar-refractivity contribution in [2.24, 2.45) is 0 Å². The molecule has 0 heterocycles. The Balaban J connectivity index is -0.0000000880. The molecule has 0 amide bonds. The average molecular weight is 652 g/mol. The SMILES string of the molecule is CC.CC.CC.CC.CC1(C)c2ccccc2-c2ccccc21.COCO.COCOC.[CH3-].[W]. The summed E-state index contributed by atoms with van der Waals surface area (Å²) in [6.07, 6.45) is 0. The van der Waals surface area contributed by atoms with Crippen LogP contribution in [0.4, 0.5) is 0 Å². The minimum atomic E-state index is -0.181. The summed E-state index contributed by atoms with van der Waals surface area (Å²) >= 11 is 0. The van der Waals surface area contributed by atoms with Gasteiger partial charge in [-0.25, -0.2) is 0 Å². The van der Waals surface area contributed by atoms with E-state index in [4.69, 9.17) is 5.11 Å². The molecule has 2 aromatic carbocycles. The summed E-state index contributed by atoms with van der Waals surface area (Å²) < 4.78 is 13.0. The Kier molecular flexibility index (Phi) is 46.5. The quantitative estimate of drug-likeness (QED) is 0.268. The van der Waals surface area contributed by atoms with Gasteiger partial charge >= 0.3 is 0 Å². The second kappa shape index (κ2) is 34.1. The molecule has 0 spiro atoms. The average Bonchev–Trinajstić information content (AvgIpc) is 3.12. The molecule has 202 valence electrons. The fourth-order valence-electron chi connectivity index (χ4n) is 2.79. The van der Waals surface area contributed by atoms with E-state index in [1.54, 1.807) is 14.2 Å². The molecule has 0 aromatic heterocycles. The molecule has 2 aromatic rings. The van der Waals surface area contributed by atoms with Gasteiger partial charge in [0, 0.05) is 47.8 Å². The van der Waals surface area contributed by atoms with Crippen LogP contribution in [0.1, 0.15) is 80.4 Å². The van der Waals surface area contributed by atoms with Crippen molar-refractivity contribution in [3.8, 4) is 11.1 Å². The largest absolute Gasteiger partial charge is 0.371 e. The first-order valence-corrected chi connectivity index (χ1v) is 11.8. The third-order valence-corrected chi connectivity index (χ3v) is 3.86. The smallest absolute Gasteiger partial charge is 0.145 e. The predicted octanol–water partition coefficient (Wildman–Crippen LogP) is 8.36. The third-order valence-electron chi connectivity index (χ3n) is 3.86. The van der Waals surface area contributed by atoms with Gasteiger partial charge in [0.1, 0.15) is 13.6 Å². The second-order valence-electron chi connectivity index (χ2n) is 5.83. The number of methoxy groups -OCH3 is 3. The molecule has 34 heavy (non-hydrogen) atoms. The molecular formula is C29H55O4W-. The van der Waals surface area contributed by atoms with E-state index in [-0.39, 0.29) is 40.7 Å². The van der Waals surface area contributed by atoms with Gasteiger partial charge in [0.25, 0.3) is 0 Å². The first-order chi connectivity index (χ1) is 15.5. The Hall–Kier alpha value is -1.03. The number of hydrogen-bond donors (Lipinski definition) is 1. The molecule has 0 unspecified atom stereocenters. The molecule has 4 nitrogen and oxygen atoms in total. The minimum Gasteiger partial charge on any atom is -0.371 e. The van der Waals surface area contributed by atoms with Gasteiger partial charge in [0.2, 0.25) is 0 Å². The monoisotopic (exact) mass is 651 g/mol. The van der Waals surface area contributed by atoms with E-state index < -0.39 is 0 Å². The topological polar surface area (TPSA) is 47.9 Å². The van der Waals surface area contributed by atoms with E-state index >= 15 is 0 Å². The van der Waals surface area contributed by atoms with Crippen molar-refractivity contribution in [3.63, 3.8) is 0 Å². The van der Waals surface area contributed by atoms with Crippen molar-refractivity contribution in [1.82, 2.24) is 0 Å². The molecule has 1 N–H and O–H groups in total. The van der Waals surface area contributed by atoms with Crippen molar-refractivity contribution in [2.75, 3.05) is 34.9 Å². The van der Waals surface area contributed by atoms with Gasteiger partial charge in [0.15, 0.2) is 0 Å². The molecule has 3 rings (SSSR count). The van der Waals surface area contributed by atoms with Crippen LogP contribution in [0, 0.1) is 7.43 Å². The Morgan fingerprint density at radius 2 is 0.882 bits per heavy atom. The van der Waals surface area contributed by atoms with E-state index in [9.17, 15) is 0 Å². The Bertz CT molecular complexity index is 565. The van der Waals surface area contributed by atoms with Crippen LogP contribution in [0.15, 0.2) is 48.5 Å². The zero-order chi connectivity index (χ0) is 26.0. The standard InChI is InChI=1S/C15H14.C3H8O2.C2H6O2.4C2H6.CH3.W/c1-15(2)13-9-5-3-7-11(13)12-8-4-6-10-14(12)15;1-4-3-5-2;1-4-2-3;4*1-2;;/h3-10H,1-2H3;3H2,1-2H3;3H,2H2,1H3;4*1-2H3;1H3;/q;;;;;;;-1;. The van der Waals surface area contributed by atoms with Gasteiger partial charge in [0.05, 0.1) is 0 Å². The summed E-state index contributed by atoms with van der Waals surface area (Å²) in [4.78, 5) is 0. The van der Waals surface area contributed by atoms with Crippen LogP contribution in [0.3, 0.4) is 0 Å². The maximum Gasteiger partial charge on any atom is 0.145 e. The summed E-state index contributed by atoms with van der Waals surface area (Å²) in [6.45, 7) is 20.8. The fourth-order valence-corrected chi connectivity index (χ4v) is 2.79. The number of benzene rings is 2. The maximum absolute atomic E-state index is 7.65. The van der Waals surface area contributed by atoms with Crippen molar-refractivity contribution < 1.29 is 40.4 Å². The van der Waals surface area contributed by atoms with Crippen LogP contribution in [-0.4, -0.2) is 40.0 Å². The van der Waals surface area contributed by atoms with Crippen LogP contribution in [0.25, 0.3) is 11.1 Å².